The van der Waals surface area contributed by atoms with Gasteiger partial charge in [-0.05, 0) is 43.2 Å². The van der Waals surface area contributed by atoms with Crippen LogP contribution >= 0.6 is 11.3 Å². The predicted molar refractivity (Wildman–Crippen MR) is 133 cm³/mol. The van der Waals surface area contributed by atoms with Crippen molar-refractivity contribution in [2.24, 2.45) is 0 Å². The second kappa shape index (κ2) is 10.8. The SMILES string of the molecule is CC(=O)N(c1nc(/C=C/C(=O)N(C)CC(=O)Nc2c(C)cccc2C)cs1)c1ccccc1F. The van der Waals surface area contributed by atoms with E-state index in [2.05, 4.69) is 10.3 Å². The summed E-state index contributed by atoms with van der Waals surface area (Å²) in [6.07, 6.45) is 2.79. The van der Waals surface area contributed by atoms with Crippen LogP contribution in [0.1, 0.15) is 23.7 Å². The number of nitrogens with one attached hydrogen (secondary N) is 1. The van der Waals surface area contributed by atoms with Gasteiger partial charge in [0, 0.05) is 31.1 Å². The molecule has 0 aliphatic heterocycles. The van der Waals surface area contributed by atoms with Gasteiger partial charge in [-0.15, -0.1) is 11.3 Å². The molecule has 3 amide bonds. The highest BCUT2D eigenvalue weighted by molar-refractivity contribution is 7.14. The fourth-order valence-corrected chi connectivity index (χ4v) is 4.11. The first-order chi connectivity index (χ1) is 16.2. The van der Waals surface area contributed by atoms with Crippen molar-refractivity contribution in [2.75, 3.05) is 23.8 Å². The monoisotopic (exact) mass is 480 g/mol. The molecule has 0 unspecified atom stereocenters. The number of anilines is 3. The van der Waals surface area contributed by atoms with Crippen LogP contribution in [0.4, 0.5) is 20.9 Å². The van der Waals surface area contributed by atoms with Crippen molar-refractivity contribution >= 4 is 51.6 Å². The molecule has 0 aliphatic carbocycles. The maximum atomic E-state index is 14.2. The minimum atomic E-state index is -0.541. The third-order valence-corrected chi connectivity index (χ3v) is 5.85. The molecule has 1 aromatic heterocycles. The fourth-order valence-electron chi connectivity index (χ4n) is 3.26. The predicted octanol–water partition coefficient (Wildman–Crippen LogP) is 4.69. The van der Waals surface area contributed by atoms with Gasteiger partial charge in [0.15, 0.2) is 5.13 Å². The lowest BCUT2D eigenvalue weighted by Crippen LogP contribution is -2.34. The summed E-state index contributed by atoms with van der Waals surface area (Å²) in [5.41, 5.74) is 3.16. The van der Waals surface area contributed by atoms with Crippen molar-refractivity contribution in [1.82, 2.24) is 9.88 Å². The molecule has 7 nitrogen and oxygen atoms in total. The van der Waals surface area contributed by atoms with E-state index in [0.29, 0.717) is 5.69 Å². The van der Waals surface area contributed by atoms with Crippen molar-refractivity contribution in [3.63, 3.8) is 0 Å². The molecule has 9 heteroatoms. The van der Waals surface area contributed by atoms with Crippen molar-refractivity contribution in [3.05, 3.63) is 76.6 Å². The Morgan fingerprint density at radius 3 is 2.41 bits per heavy atom. The molecule has 0 atom stereocenters. The molecule has 2 aromatic carbocycles. The molecule has 1 N–H and O–H groups in total. The van der Waals surface area contributed by atoms with Gasteiger partial charge in [0.2, 0.25) is 17.7 Å². The van der Waals surface area contributed by atoms with E-state index < -0.39 is 5.82 Å². The topological polar surface area (TPSA) is 82.6 Å². The van der Waals surface area contributed by atoms with Crippen molar-refractivity contribution < 1.29 is 18.8 Å². The lowest BCUT2D eigenvalue weighted by Gasteiger charge is -2.18. The smallest absolute Gasteiger partial charge is 0.246 e. The van der Waals surface area contributed by atoms with E-state index in [1.54, 1.807) is 11.4 Å². The Morgan fingerprint density at radius 2 is 1.76 bits per heavy atom. The van der Waals surface area contributed by atoms with E-state index >= 15 is 0 Å². The molecule has 3 rings (SSSR count). The summed E-state index contributed by atoms with van der Waals surface area (Å²) in [7, 11) is 1.53. The largest absolute Gasteiger partial charge is 0.333 e. The van der Waals surface area contributed by atoms with Crippen LogP contribution in [0.3, 0.4) is 0 Å². The van der Waals surface area contributed by atoms with Gasteiger partial charge in [-0.2, -0.15) is 0 Å². The highest BCUT2D eigenvalue weighted by atomic mass is 32.1. The number of carbonyl (C=O) groups is 3. The van der Waals surface area contributed by atoms with Crippen LogP contribution in [0, 0.1) is 19.7 Å². The van der Waals surface area contributed by atoms with Crippen molar-refractivity contribution in [2.45, 2.75) is 20.8 Å². The van der Waals surface area contributed by atoms with Crippen LogP contribution in [0.25, 0.3) is 6.08 Å². The number of thiazole rings is 1. The summed E-state index contributed by atoms with van der Waals surface area (Å²) in [6.45, 7) is 5.01. The number of nitrogens with zero attached hydrogens (tertiary/aromatic N) is 3. The molecule has 0 saturated carbocycles. The number of benzene rings is 2. The van der Waals surface area contributed by atoms with Crippen molar-refractivity contribution in [3.8, 4) is 0 Å². The summed E-state index contributed by atoms with van der Waals surface area (Å²) in [6, 6.07) is 11.7. The molecule has 0 saturated heterocycles. The van der Waals surface area contributed by atoms with Crippen LogP contribution < -0.4 is 10.2 Å². The molecule has 0 spiro atoms. The highest BCUT2D eigenvalue weighted by Gasteiger charge is 2.20. The third kappa shape index (κ3) is 5.93. The summed E-state index contributed by atoms with van der Waals surface area (Å²) in [5, 5.41) is 4.79. The molecular formula is C25H25FN4O3S. The Bertz CT molecular complexity index is 1230. The minimum absolute atomic E-state index is 0.102. The molecule has 1 heterocycles. The zero-order chi connectivity index (χ0) is 24.8. The molecular weight excluding hydrogens is 455 g/mol. The zero-order valence-corrected chi connectivity index (χ0v) is 20.1. The lowest BCUT2D eigenvalue weighted by molar-refractivity contribution is -0.129. The van der Waals surface area contributed by atoms with E-state index in [1.165, 1.54) is 54.1 Å². The minimum Gasteiger partial charge on any atom is -0.333 e. The molecule has 0 bridgehead atoms. The number of amides is 3. The third-order valence-electron chi connectivity index (χ3n) is 5.01. The summed E-state index contributed by atoms with van der Waals surface area (Å²) >= 11 is 1.15. The first-order valence-electron chi connectivity index (χ1n) is 10.5. The number of para-hydroxylation sites is 2. The summed E-state index contributed by atoms with van der Waals surface area (Å²) < 4.78 is 14.2. The number of hydrogen-bond donors (Lipinski definition) is 1. The molecule has 3 aromatic rings. The maximum absolute atomic E-state index is 14.2. The molecule has 176 valence electrons. The van der Waals surface area contributed by atoms with Gasteiger partial charge in [0.25, 0.3) is 0 Å². The molecule has 0 fully saturated rings. The highest BCUT2D eigenvalue weighted by Crippen LogP contribution is 2.31. The normalized spacial score (nSPS) is 10.9. The lowest BCUT2D eigenvalue weighted by atomic mass is 10.1. The first-order valence-corrected chi connectivity index (χ1v) is 11.4. The van der Waals surface area contributed by atoms with Gasteiger partial charge in [0.05, 0.1) is 17.9 Å². The van der Waals surface area contributed by atoms with Crippen LogP contribution in [0.2, 0.25) is 0 Å². The number of hydrogen-bond acceptors (Lipinski definition) is 5. The Kier molecular flexibility index (Phi) is 7.91. The standard InChI is InChI=1S/C25H25FN4O3S/c1-16-8-7-9-17(2)24(16)28-22(32)14-29(4)23(33)13-12-19-15-34-25(27-19)30(18(3)31)21-11-6-5-10-20(21)26/h5-13,15H,14H2,1-4H3,(H,28,32)/b13-12+. The van der Waals surface area contributed by atoms with Gasteiger partial charge in [0.1, 0.15) is 5.82 Å². The Balaban J connectivity index is 1.65. The average molecular weight is 481 g/mol. The molecule has 0 aliphatic rings. The molecule has 0 radical (unpaired) electrons. The number of halogens is 1. The number of rotatable bonds is 7. The van der Waals surface area contributed by atoms with Gasteiger partial charge in [-0.25, -0.2) is 9.37 Å². The van der Waals surface area contributed by atoms with E-state index in [9.17, 15) is 18.8 Å². The van der Waals surface area contributed by atoms with E-state index in [1.807, 2.05) is 32.0 Å². The number of likely N-dealkylation sites (N-methyl/N-ethyl adjacent to an activating group) is 1. The number of aryl methyl sites for hydroxylation is 2. The van der Waals surface area contributed by atoms with Gasteiger partial charge < -0.3 is 10.2 Å². The summed E-state index contributed by atoms with van der Waals surface area (Å²) in [4.78, 5) is 43.8. The average Bonchev–Trinajstić information content (AvgIpc) is 3.24. The van der Waals surface area contributed by atoms with Crippen LogP contribution in [-0.2, 0) is 14.4 Å². The quantitative estimate of drug-likeness (QED) is 0.497. The Labute approximate surface area is 201 Å². The van der Waals surface area contributed by atoms with E-state index in [0.717, 1.165) is 28.2 Å². The number of aromatic nitrogens is 1. The van der Waals surface area contributed by atoms with Crippen LogP contribution in [0.5, 0.6) is 0 Å². The fraction of sp³-hybridized carbons (Fsp3) is 0.200. The maximum Gasteiger partial charge on any atom is 0.246 e. The van der Waals surface area contributed by atoms with Crippen molar-refractivity contribution in [1.29, 1.82) is 0 Å². The van der Waals surface area contributed by atoms with Gasteiger partial charge in [-0.1, -0.05) is 30.3 Å². The van der Waals surface area contributed by atoms with E-state index in [4.69, 9.17) is 0 Å². The second-order valence-electron chi connectivity index (χ2n) is 7.70. The van der Waals surface area contributed by atoms with Gasteiger partial charge >= 0.3 is 0 Å². The second-order valence-corrected chi connectivity index (χ2v) is 8.54. The number of carbonyl (C=O) groups excluding carboxylic acids is 3. The Hall–Kier alpha value is -3.85. The van der Waals surface area contributed by atoms with Crippen LogP contribution in [0.15, 0.2) is 53.9 Å². The van der Waals surface area contributed by atoms with Gasteiger partial charge in [-0.3, -0.25) is 19.3 Å². The summed E-state index contributed by atoms with van der Waals surface area (Å²) in [5.74, 6) is -1.62. The van der Waals surface area contributed by atoms with E-state index in [-0.39, 0.29) is 35.1 Å². The Morgan fingerprint density at radius 1 is 1.09 bits per heavy atom. The zero-order valence-electron chi connectivity index (χ0n) is 19.3. The molecule has 34 heavy (non-hydrogen) atoms. The first kappa shape index (κ1) is 24.8. The van der Waals surface area contributed by atoms with Crippen LogP contribution in [-0.4, -0.2) is 41.2 Å².